The zero-order valence-corrected chi connectivity index (χ0v) is 33.1. The first-order valence-corrected chi connectivity index (χ1v) is 19.9. The molecule has 1 aromatic heterocycles. The normalized spacial score (nSPS) is 12.5. The van der Waals surface area contributed by atoms with Crippen LogP contribution in [0.4, 0.5) is 17.1 Å². The van der Waals surface area contributed by atoms with Gasteiger partial charge in [0.1, 0.15) is 0 Å². The number of benzene rings is 9. The summed E-state index contributed by atoms with van der Waals surface area (Å²) in [4.78, 5) is 2.42. The van der Waals surface area contributed by atoms with Gasteiger partial charge in [-0.05, 0) is 115 Å². The van der Waals surface area contributed by atoms with E-state index in [1.54, 1.807) is 0 Å². The van der Waals surface area contributed by atoms with Crippen LogP contribution in [-0.4, -0.2) is 4.57 Å². The number of nitrogens with zero attached hydrogens (tertiary/aromatic N) is 2. The molecule has 272 valence electrons. The maximum absolute atomic E-state index is 2.52. The van der Waals surface area contributed by atoms with Crippen molar-refractivity contribution in [2.45, 2.75) is 52.4 Å². The maximum Gasteiger partial charge on any atom is 0.0541 e. The van der Waals surface area contributed by atoms with Gasteiger partial charge in [0, 0.05) is 32.9 Å². The van der Waals surface area contributed by atoms with E-state index < -0.39 is 0 Å². The Kier molecular flexibility index (Phi) is 7.67. The van der Waals surface area contributed by atoms with Crippen LogP contribution < -0.4 is 4.90 Å². The van der Waals surface area contributed by atoms with Crippen LogP contribution in [0.3, 0.4) is 0 Å². The molecular weight excluding hydrogens is 677 g/mol. The van der Waals surface area contributed by atoms with E-state index in [1.165, 1.54) is 82.1 Å². The molecule has 0 fully saturated rings. The van der Waals surface area contributed by atoms with Crippen LogP contribution in [0.5, 0.6) is 0 Å². The van der Waals surface area contributed by atoms with Gasteiger partial charge in [0.05, 0.1) is 22.4 Å². The third-order valence-corrected chi connectivity index (χ3v) is 11.8. The Labute approximate surface area is 329 Å². The van der Waals surface area contributed by atoms with E-state index in [4.69, 9.17) is 0 Å². The number of fused-ring (bicyclic) bond motifs is 3. The zero-order valence-electron chi connectivity index (χ0n) is 33.1. The standard InChI is InChI=1S/C54H46N2/c1-53(2,3)39-24-30-49-45(33-39)46-34-40(54(4,5)6)25-31-50(46)56(49)48-29-23-37-20-26-43-47(28-22-36-21-27-44(48)52(37)51(36)43)55(41-17-11-8-12-18-41)42-19-13-16-38(32-42)35-14-9-7-10-15-35/h7-34H,1-6H3. The quantitative estimate of drug-likeness (QED) is 0.161. The van der Waals surface area contributed by atoms with E-state index in [1.807, 2.05) is 0 Å². The van der Waals surface area contributed by atoms with Crippen molar-refractivity contribution >= 4 is 71.2 Å². The first-order valence-electron chi connectivity index (χ1n) is 19.9. The van der Waals surface area contributed by atoms with Crippen molar-refractivity contribution in [3.8, 4) is 16.8 Å². The van der Waals surface area contributed by atoms with Crippen LogP contribution in [0.2, 0.25) is 0 Å². The van der Waals surface area contributed by atoms with Gasteiger partial charge in [-0.25, -0.2) is 0 Å². The van der Waals surface area contributed by atoms with Crippen LogP contribution in [-0.2, 0) is 10.8 Å². The molecule has 0 radical (unpaired) electrons. The summed E-state index contributed by atoms with van der Waals surface area (Å²) in [7, 11) is 0. The van der Waals surface area contributed by atoms with Crippen molar-refractivity contribution in [3.63, 3.8) is 0 Å². The highest BCUT2D eigenvalue weighted by molar-refractivity contribution is 6.27. The topological polar surface area (TPSA) is 8.17 Å². The number of para-hydroxylation sites is 1. The summed E-state index contributed by atoms with van der Waals surface area (Å²) >= 11 is 0. The van der Waals surface area contributed by atoms with Crippen molar-refractivity contribution in [2.24, 2.45) is 0 Å². The minimum absolute atomic E-state index is 0.0471. The van der Waals surface area contributed by atoms with Crippen LogP contribution in [0.1, 0.15) is 52.7 Å². The highest BCUT2D eigenvalue weighted by atomic mass is 15.1. The SMILES string of the molecule is CC(C)(C)c1ccc2c(c1)c1cc(C(C)(C)C)ccc1n2-c1ccc2ccc3c(N(c4ccccc4)c4cccc(-c5ccccc5)c4)ccc4ccc1c2c43. The number of hydrogen-bond acceptors (Lipinski definition) is 1. The second kappa shape index (κ2) is 12.6. The lowest BCUT2D eigenvalue weighted by molar-refractivity contribution is 0.590. The summed E-state index contributed by atoms with van der Waals surface area (Å²) < 4.78 is 2.52. The fourth-order valence-electron chi connectivity index (χ4n) is 8.84. The van der Waals surface area contributed by atoms with Crippen molar-refractivity contribution < 1.29 is 0 Å². The molecule has 10 rings (SSSR count). The zero-order chi connectivity index (χ0) is 38.3. The molecule has 0 atom stereocenters. The summed E-state index contributed by atoms with van der Waals surface area (Å²) in [6, 6.07) is 63.2. The third kappa shape index (κ3) is 5.46. The van der Waals surface area contributed by atoms with Gasteiger partial charge in [-0.15, -0.1) is 0 Å². The van der Waals surface area contributed by atoms with E-state index in [2.05, 4.69) is 221 Å². The van der Waals surface area contributed by atoms with Crippen LogP contribution in [0.15, 0.2) is 170 Å². The molecule has 2 nitrogen and oxygen atoms in total. The lowest BCUT2D eigenvalue weighted by Gasteiger charge is -2.28. The van der Waals surface area contributed by atoms with Crippen molar-refractivity contribution in [1.82, 2.24) is 4.57 Å². The minimum atomic E-state index is 0.0471. The van der Waals surface area contributed by atoms with Gasteiger partial charge in [-0.3, -0.25) is 0 Å². The average molecular weight is 723 g/mol. The average Bonchev–Trinajstić information content (AvgIpc) is 3.53. The number of aromatic nitrogens is 1. The molecule has 0 saturated heterocycles. The Morgan fingerprint density at radius 1 is 0.393 bits per heavy atom. The highest BCUT2D eigenvalue weighted by Crippen LogP contribution is 2.46. The van der Waals surface area contributed by atoms with Crippen LogP contribution in [0.25, 0.3) is 70.9 Å². The van der Waals surface area contributed by atoms with Gasteiger partial charge in [-0.2, -0.15) is 0 Å². The number of hydrogen-bond donors (Lipinski definition) is 0. The highest BCUT2D eigenvalue weighted by Gasteiger charge is 2.24. The maximum atomic E-state index is 2.52. The first kappa shape index (κ1) is 34.1. The van der Waals surface area contributed by atoms with Gasteiger partial charge < -0.3 is 9.47 Å². The molecule has 0 bridgehead atoms. The van der Waals surface area contributed by atoms with Crippen molar-refractivity contribution in [3.05, 3.63) is 181 Å². The molecular formula is C54H46N2. The lowest BCUT2D eigenvalue weighted by Crippen LogP contribution is -2.10. The molecule has 0 saturated carbocycles. The molecule has 56 heavy (non-hydrogen) atoms. The first-order chi connectivity index (χ1) is 27.0. The molecule has 0 unspecified atom stereocenters. The largest absolute Gasteiger partial charge is 0.310 e. The smallest absolute Gasteiger partial charge is 0.0541 e. The van der Waals surface area contributed by atoms with Crippen molar-refractivity contribution in [1.29, 1.82) is 0 Å². The summed E-state index contributed by atoms with van der Waals surface area (Å²) in [6.07, 6.45) is 0. The Hall–Kier alpha value is -6.38. The second-order valence-corrected chi connectivity index (χ2v) is 17.5. The predicted octanol–water partition coefficient (Wildman–Crippen LogP) is 15.4. The summed E-state index contributed by atoms with van der Waals surface area (Å²) in [6.45, 7) is 13.8. The molecule has 0 aliphatic heterocycles. The van der Waals surface area contributed by atoms with Crippen LogP contribution >= 0.6 is 0 Å². The fourth-order valence-corrected chi connectivity index (χ4v) is 8.84. The Bertz CT molecular complexity index is 3010. The molecule has 0 amide bonds. The van der Waals surface area contributed by atoms with Gasteiger partial charge in [-0.1, -0.05) is 151 Å². The second-order valence-electron chi connectivity index (χ2n) is 17.5. The lowest BCUT2D eigenvalue weighted by atomic mass is 9.85. The molecule has 0 aliphatic carbocycles. The Morgan fingerprint density at radius 3 is 1.54 bits per heavy atom. The van der Waals surface area contributed by atoms with E-state index in [9.17, 15) is 0 Å². The summed E-state index contributed by atoms with van der Waals surface area (Å²) in [5, 5.41) is 10.2. The minimum Gasteiger partial charge on any atom is -0.310 e. The molecule has 2 heteroatoms. The van der Waals surface area contributed by atoms with Crippen molar-refractivity contribution in [2.75, 3.05) is 4.90 Å². The third-order valence-electron chi connectivity index (χ3n) is 11.8. The Balaban J connectivity index is 1.24. The number of anilines is 3. The monoisotopic (exact) mass is 722 g/mol. The molecule has 0 N–H and O–H groups in total. The molecule has 10 aromatic rings. The fraction of sp³-hybridized carbons (Fsp3) is 0.148. The molecule has 1 heterocycles. The molecule has 9 aromatic carbocycles. The van der Waals surface area contributed by atoms with Gasteiger partial charge in [0.15, 0.2) is 0 Å². The van der Waals surface area contributed by atoms with E-state index >= 15 is 0 Å². The van der Waals surface area contributed by atoms with E-state index in [-0.39, 0.29) is 10.8 Å². The van der Waals surface area contributed by atoms with E-state index in [0.29, 0.717) is 0 Å². The molecule has 0 spiro atoms. The van der Waals surface area contributed by atoms with Crippen LogP contribution in [0, 0.1) is 0 Å². The van der Waals surface area contributed by atoms with E-state index in [0.717, 1.165) is 17.1 Å². The molecule has 0 aliphatic rings. The van der Waals surface area contributed by atoms with Gasteiger partial charge in [0.2, 0.25) is 0 Å². The summed E-state index contributed by atoms with van der Waals surface area (Å²) in [5.41, 5.74) is 12.3. The Morgan fingerprint density at radius 2 is 0.911 bits per heavy atom. The summed E-state index contributed by atoms with van der Waals surface area (Å²) in [5.74, 6) is 0. The van der Waals surface area contributed by atoms with Gasteiger partial charge >= 0.3 is 0 Å². The predicted molar refractivity (Wildman–Crippen MR) is 242 cm³/mol. The number of rotatable bonds is 5. The van der Waals surface area contributed by atoms with Gasteiger partial charge in [0.25, 0.3) is 0 Å².